The van der Waals surface area contributed by atoms with Crippen molar-refractivity contribution >= 4 is 23.1 Å². The number of H-pyrrole nitrogens is 1. The number of nitrogens with zero attached hydrogens (tertiary/aromatic N) is 1. The molecule has 0 saturated carbocycles. The van der Waals surface area contributed by atoms with Crippen molar-refractivity contribution in [1.82, 2.24) is 15.5 Å². The molecule has 0 aliphatic heterocycles. The van der Waals surface area contributed by atoms with E-state index < -0.39 is 5.92 Å². The molecule has 20 heavy (non-hydrogen) atoms. The van der Waals surface area contributed by atoms with Crippen LogP contribution >= 0.6 is 12.2 Å². The first-order valence-corrected chi connectivity index (χ1v) is 6.61. The molecular formula is C14H16N4OS. The maximum Gasteiger partial charge on any atom is 0.234 e. The lowest BCUT2D eigenvalue weighted by Gasteiger charge is -2.15. The number of benzene rings is 1. The van der Waals surface area contributed by atoms with E-state index in [0.29, 0.717) is 6.54 Å². The molecule has 0 bridgehead atoms. The Balaban J connectivity index is 2.09. The van der Waals surface area contributed by atoms with Crippen LogP contribution in [-0.4, -0.2) is 21.1 Å². The summed E-state index contributed by atoms with van der Waals surface area (Å²) in [6.45, 7) is 2.30. The second-order valence-corrected chi connectivity index (χ2v) is 4.96. The highest BCUT2D eigenvalue weighted by atomic mass is 32.1. The van der Waals surface area contributed by atoms with Gasteiger partial charge in [-0.25, -0.2) is 0 Å². The molecule has 4 N–H and O–H groups in total. The summed E-state index contributed by atoms with van der Waals surface area (Å²) >= 11 is 5.01. The minimum atomic E-state index is -0.613. The summed E-state index contributed by atoms with van der Waals surface area (Å²) in [5.74, 6) is -0.817. The first-order valence-electron chi connectivity index (χ1n) is 6.20. The number of aromatic nitrogens is 2. The van der Waals surface area contributed by atoms with Crippen LogP contribution < -0.4 is 11.1 Å². The average molecular weight is 288 g/mol. The number of amides is 1. The van der Waals surface area contributed by atoms with Gasteiger partial charge in [0.2, 0.25) is 5.91 Å². The van der Waals surface area contributed by atoms with Crippen molar-refractivity contribution in [3.05, 3.63) is 53.3 Å². The highest BCUT2D eigenvalue weighted by molar-refractivity contribution is 7.80. The van der Waals surface area contributed by atoms with Gasteiger partial charge in [-0.15, -0.1) is 0 Å². The molecule has 2 rings (SSSR count). The highest BCUT2D eigenvalue weighted by Gasteiger charge is 2.23. The minimum absolute atomic E-state index is 0.164. The fourth-order valence-electron chi connectivity index (χ4n) is 1.93. The second kappa shape index (κ2) is 6.29. The summed E-state index contributed by atoms with van der Waals surface area (Å²) in [5.41, 5.74) is 8.36. The van der Waals surface area contributed by atoms with Crippen LogP contribution in [0.25, 0.3) is 0 Å². The Hall–Kier alpha value is -2.21. The molecule has 0 radical (unpaired) electrons. The van der Waals surface area contributed by atoms with Crippen molar-refractivity contribution in [1.29, 1.82) is 0 Å². The zero-order chi connectivity index (χ0) is 14.5. The van der Waals surface area contributed by atoms with Crippen molar-refractivity contribution in [2.24, 2.45) is 5.73 Å². The normalized spacial score (nSPS) is 11.8. The molecule has 1 unspecified atom stereocenters. The van der Waals surface area contributed by atoms with E-state index >= 15 is 0 Å². The smallest absolute Gasteiger partial charge is 0.234 e. The number of nitrogens with one attached hydrogen (secondary N) is 2. The molecule has 0 saturated heterocycles. The van der Waals surface area contributed by atoms with E-state index in [1.807, 2.05) is 37.3 Å². The van der Waals surface area contributed by atoms with Crippen molar-refractivity contribution in [3.8, 4) is 0 Å². The summed E-state index contributed by atoms with van der Waals surface area (Å²) in [6, 6.07) is 9.27. The van der Waals surface area contributed by atoms with Crippen LogP contribution in [0.2, 0.25) is 0 Å². The Bertz CT molecular complexity index is 609. The summed E-state index contributed by atoms with van der Waals surface area (Å²) in [7, 11) is 0. The number of thiocarbonyl (C=S) groups is 1. The maximum atomic E-state index is 12.3. The van der Waals surface area contributed by atoms with E-state index in [-0.39, 0.29) is 10.9 Å². The summed E-state index contributed by atoms with van der Waals surface area (Å²) in [5, 5.41) is 9.57. The fraction of sp³-hybridized carbons (Fsp3) is 0.214. The molecular weight excluding hydrogens is 272 g/mol. The number of aryl methyl sites for hydroxylation is 1. The number of aromatic amines is 1. The van der Waals surface area contributed by atoms with E-state index in [4.69, 9.17) is 18.0 Å². The maximum absolute atomic E-state index is 12.3. The van der Waals surface area contributed by atoms with Crippen molar-refractivity contribution in [2.75, 3.05) is 0 Å². The zero-order valence-corrected chi connectivity index (χ0v) is 11.9. The molecule has 2 aromatic rings. The third-order valence-corrected chi connectivity index (χ3v) is 3.30. The molecule has 1 atom stereocenters. The van der Waals surface area contributed by atoms with Gasteiger partial charge in [-0.05, 0) is 12.5 Å². The SMILES string of the molecule is Cc1[nH]ncc1CNC(=O)C(C(N)=S)c1ccccc1. The number of carbonyl (C=O) groups excluding carboxylic acids is 1. The Morgan fingerprint density at radius 3 is 2.70 bits per heavy atom. The number of hydrogen-bond acceptors (Lipinski definition) is 3. The van der Waals surface area contributed by atoms with Crippen LogP contribution in [-0.2, 0) is 11.3 Å². The molecule has 6 heteroatoms. The lowest BCUT2D eigenvalue weighted by molar-refractivity contribution is -0.121. The molecule has 0 spiro atoms. The lowest BCUT2D eigenvalue weighted by Crippen LogP contribution is -2.35. The quantitative estimate of drug-likeness (QED) is 0.726. The molecule has 1 aromatic carbocycles. The van der Waals surface area contributed by atoms with Crippen LogP contribution in [0.5, 0.6) is 0 Å². The Labute approximate surface area is 122 Å². The van der Waals surface area contributed by atoms with Gasteiger partial charge in [-0.1, -0.05) is 42.5 Å². The number of carbonyl (C=O) groups is 1. The second-order valence-electron chi connectivity index (χ2n) is 4.48. The van der Waals surface area contributed by atoms with Crippen LogP contribution in [0.15, 0.2) is 36.5 Å². The van der Waals surface area contributed by atoms with Crippen LogP contribution in [0, 0.1) is 6.92 Å². The van der Waals surface area contributed by atoms with Crippen molar-refractivity contribution in [3.63, 3.8) is 0 Å². The monoisotopic (exact) mass is 288 g/mol. The Morgan fingerprint density at radius 2 is 2.15 bits per heavy atom. The summed E-state index contributed by atoms with van der Waals surface area (Å²) in [6.07, 6.45) is 1.69. The van der Waals surface area contributed by atoms with Crippen LogP contribution in [0.4, 0.5) is 0 Å². The van der Waals surface area contributed by atoms with E-state index in [2.05, 4.69) is 15.5 Å². The third kappa shape index (κ3) is 3.21. The topological polar surface area (TPSA) is 83.8 Å². The fourth-order valence-corrected chi connectivity index (χ4v) is 2.17. The van der Waals surface area contributed by atoms with Crippen LogP contribution in [0.3, 0.4) is 0 Å². The van der Waals surface area contributed by atoms with Gasteiger partial charge in [0.05, 0.1) is 11.2 Å². The van der Waals surface area contributed by atoms with Gasteiger partial charge in [0, 0.05) is 17.8 Å². The molecule has 0 aliphatic rings. The Morgan fingerprint density at radius 1 is 1.45 bits per heavy atom. The van der Waals surface area contributed by atoms with E-state index in [1.54, 1.807) is 6.20 Å². The molecule has 1 aromatic heterocycles. The van der Waals surface area contributed by atoms with Crippen LogP contribution in [0.1, 0.15) is 22.7 Å². The van der Waals surface area contributed by atoms with Gasteiger partial charge in [0.1, 0.15) is 5.92 Å². The third-order valence-electron chi connectivity index (χ3n) is 3.07. The van der Waals surface area contributed by atoms with Gasteiger partial charge in [-0.2, -0.15) is 5.10 Å². The van der Waals surface area contributed by atoms with E-state index in [0.717, 1.165) is 16.8 Å². The summed E-state index contributed by atoms with van der Waals surface area (Å²) < 4.78 is 0. The van der Waals surface area contributed by atoms with E-state index in [9.17, 15) is 4.79 Å². The first kappa shape index (κ1) is 14.2. The van der Waals surface area contributed by atoms with Gasteiger partial charge in [-0.3, -0.25) is 9.89 Å². The Kier molecular flexibility index (Phi) is 4.47. The molecule has 0 fully saturated rings. The molecule has 0 aliphatic carbocycles. The lowest BCUT2D eigenvalue weighted by atomic mass is 9.98. The largest absolute Gasteiger partial charge is 0.392 e. The molecule has 1 heterocycles. The molecule has 5 nitrogen and oxygen atoms in total. The molecule has 104 valence electrons. The predicted molar refractivity (Wildman–Crippen MR) is 81.1 cm³/mol. The standard InChI is InChI=1S/C14H16N4OS/c1-9-11(8-17-18-9)7-16-14(19)12(13(15)20)10-5-3-2-4-6-10/h2-6,8,12H,7H2,1H3,(H2,15,20)(H,16,19)(H,17,18). The van der Waals surface area contributed by atoms with Crippen molar-refractivity contribution in [2.45, 2.75) is 19.4 Å². The molecule has 1 amide bonds. The van der Waals surface area contributed by atoms with Gasteiger partial charge >= 0.3 is 0 Å². The number of nitrogens with two attached hydrogens (primary N) is 1. The number of rotatable bonds is 5. The van der Waals surface area contributed by atoms with Crippen molar-refractivity contribution < 1.29 is 4.79 Å². The first-order chi connectivity index (χ1) is 9.59. The van der Waals surface area contributed by atoms with Gasteiger partial charge in [0.15, 0.2) is 0 Å². The number of hydrogen-bond donors (Lipinski definition) is 3. The predicted octanol–water partition coefficient (Wildman–Crippen LogP) is 1.40. The van der Waals surface area contributed by atoms with E-state index in [1.165, 1.54) is 0 Å². The summed E-state index contributed by atoms with van der Waals surface area (Å²) in [4.78, 5) is 12.4. The van der Waals surface area contributed by atoms with Gasteiger partial charge < -0.3 is 11.1 Å². The minimum Gasteiger partial charge on any atom is -0.392 e. The van der Waals surface area contributed by atoms with Gasteiger partial charge in [0.25, 0.3) is 0 Å². The zero-order valence-electron chi connectivity index (χ0n) is 11.1. The highest BCUT2D eigenvalue weighted by Crippen LogP contribution is 2.16. The average Bonchev–Trinajstić information content (AvgIpc) is 2.83.